The predicted molar refractivity (Wildman–Crippen MR) is 33.0 cm³/mol. The molecular formula is C3H4ClN5O. The van der Waals surface area contributed by atoms with Gasteiger partial charge in [0, 0.05) is 0 Å². The Kier molecular flexibility index (Phi) is 1.81. The number of tetrazole rings is 1. The summed E-state index contributed by atoms with van der Waals surface area (Å²) in [4.78, 5) is 1.21. The lowest BCUT2D eigenvalue weighted by molar-refractivity contribution is 0.320. The highest BCUT2D eigenvalue weighted by atomic mass is 35.5. The highest BCUT2D eigenvalue weighted by Gasteiger charge is 2.05. The molecule has 0 saturated carbocycles. The smallest absolute Gasteiger partial charge is 0.238 e. The third-order valence-electron chi connectivity index (χ3n) is 0.781. The van der Waals surface area contributed by atoms with E-state index in [1.54, 1.807) is 7.05 Å². The van der Waals surface area contributed by atoms with Gasteiger partial charge in [0.15, 0.2) is 0 Å². The van der Waals surface area contributed by atoms with E-state index in [1.807, 2.05) is 0 Å². The molecule has 0 atom stereocenters. The molecule has 0 bridgehead atoms. The lowest BCUT2D eigenvalue weighted by Crippen LogP contribution is -1.96. The number of nitrogens with zero attached hydrogens (tertiary/aromatic N) is 5. The van der Waals surface area contributed by atoms with Gasteiger partial charge in [0.25, 0.3) is 0 Å². The second-order valence-corrected chi connectivity index (χ2v) is 1.85. The second-order valence-electron chi connectivity index (χ2n) is 1.49. The van der Waals surface area contributed by atoms with Gasteiger partial charge in [0.05, 0.1) is 7.05 Å². The SMILES string of the molecule is Cn1nnc(C(Cl)=NO)n1. The van der Waals surface area contributed by atoms with Crippen LogP contribution in [0.15, 0.2) is 5.16 Å². The molecular weight excluding hydrogens is 158 g/mol. The van der Waals surface area contributed by atoms with Crippen LogP contribution in [0.25, 0.3) is 0 Å². The molecule has 1 heterocycles. The topological polar surface area (TPSA) is 76.2 Å². The Balaban J connectivity index is 2.95. The average molecular weight is 162 g/mol. The van der Waals surface area contributed by atoms with Crippen molar-refractivity contribution >= 4 is 16.8 Å². The number of hydrogen-bond acceptors (Lipinski definition) is 5. The zero-order chi connectivity index (χ0) is 7.56. The van der Waals surface area contributed by atoms with Crippen molar-refractivity contribution in [2.45, 2.75) is 0 Å². The van der Waals surface area contributed by atoms with E-state index in [2.05, 4.69) is 20.6 Å². The number of halogens is 1. The van der Waals surface area contributed by atoms with Gasteiger partial charge in [-0.15, -0.1) is 10.2 Å². The van der Waals surface area contributed by atoms with Crippen LogP contribution in [-0.4, -0.2) is 30.6 Å². The third kappa shape index (κ3) is 1.21. The van der Waals surface area contributed by atoms with E-state index in [-0.39, 0.29) is 11.0 Å². The monoisotopic (exact) mass is 161 g/mol. The summed E-state index contributed by atoms with van der Waals surface area (Å²) in [6, 6.07) is 0. The van der Waals surface area contributed by atoms with E-state index in [4.69, 9.17) is 16.8 Å². The van der Waals surface area contributed by atoms with Crippen LogP contribution in [0.2, 0.25) is 0 Å². The largest absolute Gasteiger partial charge is 0.410 e. The van der Waals surface area contributed by atoms with Crippen molar-refractivity contribution in [2.75, 3.05) is 0 Å². The van der Waals surface area contributed by atoms with Gasteiger partial charge in [-0.3, -0.25) is 0 Å². The summed E-state index contributed by atoms with van der Waals surface area (Å²) in [5.41, 5.74) is 0. The van der Waals surface area contributed by atoms with E-state index in [1.165, 1.54) is 4.80 Å². The van der Waals surface area contributed by atoms with Gasteiger partial charge in [0.2, 0.25) is 11.0 Å². The molecule has 0 saturated heterocycles. The standard InChI is InChI=1S/C3H4ClN5O/c1-9-6-3(5-8-9)2(4)7-10/h10H,1H3. The fourth-order valence-electron chi connectivity index (χ4n) is 0.411. The number of aromatic nitrogens is 4. The van der Waals surface area contributed by atoms with E-state index in [0.717, 1.165) is 0 Å². The molecule has 0 aromatic carbocycles. The van der Waals surface area contributed by atoms with Gasteiger partial charge in [-0.05, 0) is 5.21 Å². The van der Waals surface area contributed by atoms with Crippen LogP contribution < -0.4 is 0 Å². The molecule has 0 aliphatic rings. The quantitative estimate of drug-likeness (QED) is 0.345. The number of oxime groups is 1. The summed E-state index contributed by atoms with van der Waals surface area (Å²) in [6.45, 7) is 0. The Bertz CT molecular complexity index is 255. The van der Waals surface area contributed by atoms with Crippen LogP contribution >= 0.6 is 11.6 Å². The van der Waals surface area contributed by atoms with Crippen molar-refractivity contribution < 1.29 is 5.21 Å². The molecule has 10 heavy (non-hydrogen) atoms. The Morgan fingerprint density at radius 3 is 2.90 bits per heavy atom. The molecule has 0 aliphatic carbocycles. The molecule has 0 radical (unpaired) electrons. The number of aryl methyl sites for hydroxylation is 1. The zero-order valence-electron chi connectivity index (χ0n) is 5.06. The van der Waals surface area contributed by atoms with Crippen LogP contribution in [0.3, 0.4) is 0 Å². The van der Waals surface area contributed by atoms with Crippen LogP contribution in [0.5, 0.6) is 0 Å². The summed E-state index contributed by atoms with van der Waals surface area (Å²) in [5, 5.41) is 21.2. The Morgan fingerprint density at radius 1 is 1.80 bits per heavy atom. The molecule has 0 amide bonds. The Hall–Kier alpha value is -1.17. The maximum atomic E-state index is 8.14. The molecule has 1 aromatic heterocycles. The van der Waals surface area contributed by atoms with Gasteiger partial charge in [-0.1, -0.05) is 16.8 Å². The van der Waals surface area contributed by atoms with Gasteiger partial charge < -0.3 is 5.21 Å². The fourth-order valence-corrected chi connectivity index (χ4v) is 0.487. The number of hydrogen-bond donors (Lipinski definition) is 1. The predicted octanol–water partition coefficient (Wildman–Crippen LogP) is -0.415. The van der Waals surface area contributed by atoms with Crippen molar-refractivity contribution in [1.82, 2.24) is 20.2 Å². The highest BCUT2D eigenvalue weighted by molar-refractivity contribution is 6.68. The minimum atomic E-state index is -0.173. The minimum Gasteiger partial charge on any atom is -0.410 e. The third-order valence-corrected chi connectivity index (χ3v) is 1.03. The van der Waals surface area contributed by atoms with E-state index in [9.17, 15) is 0 Å². The normalized spacial score (nSPS) is 12.0. The molecule has 1 aromatic rings. The van der Waals surface area contributed by atoms with Crippen molar-refractivity contribution in [3.05, 3.63) is 5.82 Å². The van der Waals surface area contributed by atoms with Crippen LogP contribution in [0, 0.1) is 0 Å². The summed E-state index contributed by atoms with van der Waals surface area (Å²) >= 11 is 5.33. The van der Waals surface area contributed by atoms with Crippen molar-refractivity contribution in [1.29, 1.82) is 0 Å². The van der Waals surface area contributed by atoms with Crippen molar-refractivity contribution in [3.63, 3.8) is 0 Å². The minimum absolute atomic E-state index is 0.103. The van der Waals surface area contributed by atoms with Crippen LogP contribution in [0.1, 0.15) is 5.82 Å². The van der Waals surface area contributed by atoms with E-state index >= 15 is 0 Å². The van der Waals surface area contributed by atoms with E-state index < -0.39 is 0 Å². The van der Waals surface area contributed by atoms with Gasteiger partial charge in [-0.25, -0.2) is 0 Å². The molecule has 1 N–H and O–H groups in total. The summed E-state index contributed by atoms with van der Waals surface area (Å²) < 4.78 is 0. The molecule has 0 unspecified atom stereocenters. The molecule has 7 heteroatoms. The molecule has 6 nitrogen and oxygen atoms in total. The highest BCUT2D eigenvalue weighted by Crippen LogP contribution is 1.93. The maximum Gasteiger partial charge on any atom is 0.238 e. The van der Waals surface area contributed by atoms with Gasteiger partial charge in [-0.2, -0.15) is 4.80 Å². The van der Waals surface area contributed by atoms with Crippen LogP contribution in [-0.2, 0) is 7.05 Å². The lowest BCUT2D eigenvalue weighted by atomic mass is 10.7. The average Bonchev–Trinajstić information content (AvgIpc) is 2.34. The fraction of sp³-hybridized carbons (Fsp3) is 0.333. The summed E-state index contributed by atoms with van der Waals surface area (Å²) in [5.74, 6) is 0.103. The van der Waals surface area contributed by atoms with Gasteiger partial charge >= 0.3 is 0 Å². The number of rotatable bonds is 1. The van der Waals surface area contributed by atoms with Crippen molar-refractivity contribution in [3.8, 4) is 0 Å². The second kappa shape index (κ2) is 2.61. The van der Waals surface area contributed by atoms with Crippen LogP contribution in [0.4, 0.5) is 0 Å². The molecule has 0 fully saturated rings. The first-order valence-corrected chi connectivity index (χ1v) is 2.73. The Morgan fingerprint density at radius 2 is 2.50 bits per heavy atom. The first-order valence-electron chi connectivity index (χ1n) is 2.36. The lowest BCUT2D eigenvalue weighted by Gasteiger charge is -1.81. The molecule has 0 aliphatic heterocycles. The van der Waals surface area contributed by atoms with E-state index in [0.29, 0.717) is 0 Å². The molecule has 1 rings (SSSR count). The zero-order valence-corrected chi connectivity index (χ0v) is 5.82. The summed E-state index contributed by atoms with van der Waals surface area (Å²) in [7, 11) is 1.58. The molecule has 0 spiro atoms. The molecule has 54 valence electrons. The first-order chi connectivity index (χ1) is 4.74. The summed E-state index contributed by atoms with van der Waals surface area (Å²) in [6.07, 6.45) is 0. The van der Waals surface area contributed by atoms with Crippen molar-refractivity contribution in [2.24, 2.45) is 12.2 Å². The first kappa shape index (κ1) is 6.94. The maximum absolute atomic E-state index is 8.14. The Labute approximate surface area is 61.1 Å². The van der Waals surface area contributed by atoms with Gasteiger partial charge in [0.1, 0.15) is 0 Å².